The Morgan fingerprint density at radius 3 is 2.81 bits per heavy atom. The zero-order chi connectivity index (χ0) is 19.2. The van der Waals surface area contributed by atoms with Gasteiger partial charge in [-0.25, -0.2) is 4.68 Å². The van der Waals surface area contributed by atoms with E-state index in [2.05, 4.69) is 17.3 Å². The molecule has 0 aliphatic carbocycles. The highest BCUT2D eigenvalue weighted by Crippen LogP contribution is 2.24. The summed E-state index contributed by atoms with van der Waals surface area (Å²) in [5, 5.41) is 18.4. The van der Waals surface area contributed by atoms with Crippen molar-refractivity contribution in [1.82, 2.24) is 15.1 Å². The number of carbonyl (C=O) groups excluding carboxylic acids is 1. The lowest BCUT2D eigenvalue weighted by Gasteiger charge is -2.08. The molecule has 1 N–H and O–H groups in total. The molecular formula is C19H20N4O4. The predicted molar refractivity (Wildman–Crippen MR) is 99.8 cm³/mol. The number of benzene rings is 1. The lowest BCUT2D eigenvalue weighted by molar-refractivity contribution is -0.384. The van der Waals surface area contributed by atoms with E-state index in [-0.39, 0.29) is 11.6 Å². The smallest absolute Gasteiger partial charge is 0.271 e. The number of nitrogens with one attached hydrogen (secondary N) is 1. The van der Waals surface area contributed by atoms with Crippen LogP contribution in [0.25, 0.3) is 17.1 Å². The van der Waals surface area contributed by atoms with Gasteiger partial charge in [-0.05, 0) is 24.6 Å². The van der Waals surface area contributed by atoms with Gasteiger partial charge in [0.25, 0.3) is 11.6 Å². The molecule has 2 heterocycles. The summed E-state index contributed by atoms with van der Waals surface area (Å²) < 4.78 is 6.77. The number of unbranched alkanes of at least 4 members (excludes halogenated alkanes) is 2. The van der Waals surface area contributed by atoms with E-state index >= 15 is 0 Å². The summed E-state index contributed by atoms with van der Waals surface area (Å²) in [7, 11) is 0. The first-order chi connectivity index (χ1) is 13.1. The number of carbonyl (C=O) groups is 1. The Balaban J connectivity index is 1.97. The Hall–Kier alpha value is -3.42. The van der Waals surface area contributed by atoms with Crippen LogP contribution in [0, 0.1) is 10.1 Å². The maximum atomic E-state index is 12.7. The lowest BCUT2D eigenvalue weighted by Crippen LogP contribution is -2.26. The second kappa shape index (κ2) is 8.31. The zero-order valence-corrected chi connectivity index (χ0v) is 14.9. The third kappa shape index (κ3) is 4.22. The lowest BCUT2D eigenvalue weighted by atomic mass is 10.2. The van der Waals surface area contributed by atoms with Crippen LogP contribution in [0.5, 0.6) is 0 Å². The van der Waals surface area contributed by atoms with E-state index in [1.807, 2.05) is 0 Å². The van der Waals surface area contributed by atoms with Crippen molar-refractivity contribution in [3.63, 3.8) is 0 Å². The van der Waals surface area contributed by atoms with Gasteiger partial charge in [-0.2, -0.15) is 5.10 Å². The van der Waals surface area contributed by atoms with Gasteiger partial charge < -0.3 is 9.73 Å². The molecule has 140 valence electrons. The minimum atomic E-state index is -0.481. The minimum Gasteiger partial charge on any atom is -0.463 e. The van der Waals surface area contributed by atoms with Crippen LogP contribution in [0.3, 0.4) is 0 Å². The SMILES string of the molecule is CCCCCNC(=O)c1cc(-c2ccco2)nn1-c1cccc([N+](=O)[O-])c1. The van der Waals surface area contributed by atoms with Crippen molar-refractivity contribution in [2.24, 2.45) is 0 Å². The minimum absolute atomic E-state index is 0.0724. The van der Waals surface area contributed by atoms with Crippen LogP contribution in [0.2, 0.25) is 0 Å². The predicted octanol–water partition coefficient (Wildman–Crippen LogP) is 3.96. The van der Waals surface area contributed by atoms with Gasteiger partial charge in [0.15, 0.2) is 5.76 Å². The second-order valence-corrected chi connectivity index (χ2v) is 6.04. The monoisotopic (exact) mass is 368 g/mol. The Kier molecular flexibility index (Phi) is 5.65. The first-order valence-corrected chi connectivity index (χ1v) is 8.77. The number of non-ortho nitro benzene ring substituents is 1. The molecule has 0 aliphatic rings. The molecule has 0 spiro atoms. The van der Waals surface area contributed by atoms with Crippen molar-refractivity contribution in [2.75, 3.05) is 6.54 Å². The van der Waals surface area contributed by atoms with Crippen molar-refractivity contribution in [3.8, 4) is 17.1 Å². The Bertz CT molecular complexity index is 931. The van der Waals surface area contributed by atoms with E-state index in [0.717, 1.165) is 19.3 Å². The third-order valence-corrected chi connectivity index (χ3v) is 4.07. The fourth-order valence-corrected chi connectivity index (χ4v) is 2.69. The van der Waals surface area contributed by atoms with Crippen molar-refractivity contribution in [2.45, 2.75) is 26.2 Å². The van der Waals surface area contributed by atoms with Crippen LogP contribution in [0.4, 0.5) is 5.69 Å². The summed E-state index contributed by atoms with van der Waals surface area (Å²) in [6.07, 6.45) is 4.50. The standard InChI is InChI=1S/C19H20N4O4/c1-2-3-4-10-20-19(24)17-13-16(18-9-6-11-27-18)21-22(17)14-7-5-8-15(12-14)23(25)26/h5-9,11-13H,2-4,10H2,1H3,(H,20,24). The molecule has 3 aromatic rings. The highest BCUT2D eigenvalue weighted by atomic mass is 16.6. The van der Waals surface area contributed by atoms with Crippen LogP contribution in [-0.2, 0) is 0 Å². The zero-order valence-electron chi connectivity index (χ0n) is 14.9. The number of furan rings is 1. The maximum absolute atomic E-state index is 12.7. The molecule has 0 radical (unpaired) electrons. The van der Waals surface area contributed by atoms with Crippen LogP contribution >= 0.6 is 0 Å². The van der Waals surface area contributed by atoms with Crippen LogP contribution in [0.1, 0.15) is 36.7 Å². The van der Waals surface area contributed by atoms with Gasteiger partial charge in [-0.3, -0.25) is 14.9 Å². The van der Waals surface area contributed by atoms with Crippen molar-refractivity contribution >= 4 is 11.6 Å². The molecule has 0 saturated heterocycles. The van der Waals surface area contributed by atoms with Crippen molar-refractivity contribution in [1.29, 1.82) is 0 Å². The van der Waals surface area contributed by atoms with Gasteiger partial charge in [0.2, 0.25) is 0 Å². The Labute approximate surface area is 156 Å². The summed E-state index contributed by atoms with van der Waals surface area (Å²) in [5.74, 6) is 0.224. The summed E-state index contributed by atoms with van der Waals surface area (Å²) in [6, 6.07) is 11.1. The van der Waals surface area contributed by atoms with Gasteiger partial charge in [0.1, 0.15) is 11.4 Å². The third-order valence-electron chi connectivity index (χ3n) is 4.07. The van der Waals surface area contributed by atoms with E-state index < -0.39 is 4.92 Å². The van der Waals surface area contributed by atoms with Gasteiger partial charge in [-0.1, -0.05) is 25.8 Å². The number of nitro benzene ring substituents is 1. The van der Waals surface area contributed by atoms with Crippen molar-refractivity contribution < 1.29 is 14.1 Å². The molecular weight excluding hydrogens is 348 g/mol. The number of hydrogen-bond donors (Lipinski definition) is 1. The molecule has 27 heavy (non-hydrogen) atoms. The normalized spacial score (nSPS) is 10.7. The molecule has 2 aromatic heterocycles. The van der Waals surface area contributed by atoms with Crippen LogP contribution in [-0.4, -0.2) is 27.2 Å². The molecule has 0 unspecified atom stereocenters. The number of amides is 1. The van der Waals surface area contributed by atoms with Crippen LogP contribution in [0.15, 0.2) is 53.1 Å². The number of nitrogens with zero attached hydrogens (tertiary/aromatic N) is 3. The number of nitro groups is 1. The molecule has 0 aliphatic heterocycles. The average molecular weight is 368 g/mol. The largest absolute Gasteiger partial charge is 0.463 e. The first-order valence-electron chi connectivity index (χ1n) is 8.77. The molecule has 0 bridgehead atoms. The molecule has 0 saturated carbocycles. The number of rotatable bonds is 8. The first kappa shape index (κ1) is 18.4. The fourth-order valence-electron chi connectivity index (χ4n) is 2.69. The molecule has 8 heteroatoms. The summed E-state index contributed by atoms with van der Waals surface area (Å²) in [6.45, 7) is 2.65. The average Bonchev–Trinajstić information content (AvgIpc) is 3.34. The van der Waals surface area contributed by atoms with E-state index in [9.17, 15) is 14.9 Å². The highest BCUT2D eigenvalue weighted by Gasteiger charge is 2.19. The van der Waals surface area contributed by atoms with E-state index in [0.29, 0.717) is 29.4 Å². The molecule has 8 nitrogen and oxygen atoms in total. The van der Waals surface area contributed by atoms with Crippen molar-refractivity contribution in [3.05, 3.63) is 64.5 Å². The molecule has 3 rings (SSSR count). The van der Waals surface area contributed by atoms with Gasteiger partial charge >= 0.3 is 0 Å². The fraction of sp³-hybridized carbons (Fsp3) is 0.263. The van der Waals surface area contributed by atoms with E-state index in [4.69, 9.17) is 4.42 Å². The molecule has 1 aromatic carbocycles. The molecule has 1 amide bonds. The summed E-state index contributed by atoms with van der Waals surface area (Å²) in [5.41, 5.74) is 1.13. The number of aromatic nitrogens is 2. The topological polar surface area (TPSA) is 103 Å². The molecule has 0 atom stereocenters. The van der Waals surface area contributed by atoms with E-state index in [1.54, 1.807) is 30.3 Å². The quantitative estimate of drug-likeness (QED) is 0.368. The van der Waals surface area contributed by atoms with Gasteiger partial charge in [-0.15, -0.1) is 0 Å². The summed E-state index contributed by atoms with van der Waals surface area (Å²) >= 11 is 0. The van der Waals surface area contributed by atoms with Crippen LogP contribution < -0.4 is 5.32 Å². The van der Waals surface area contributed by atoms with E-state index in [1.165, 1.54) is 23.1 Å². The molecule has 0 fully saturated rings. The highest BCUT2D eigenvalue weighted by molar-refractivity contribution is 5.94. The van der Waals surface area contributed by atoms with Gasteiger partial charge in [0.05, 0.1) is 16.9 Å². The Morgan fingerprint density at radius 1 is 1.26 bits per heavy atom. The summed E-state index contributed by atoms with van der Waals surface area (Å²) in [4.78, 5) is 23.3. The maximum Gasteiger partial charge on any atom is 0.271 e. The Morgan fingerprint density at radius 2 is 2.11 bits per heavy atom. The second-order valence-electron chi connectivity index (χ2n) is 6.04. The van der Waals surface area contributed by atoms with Gasteiger partial charge in [0, 0.05) is 24.7 Å². The number of hydrogen-bond acceptors (Lipinski definition) is 5.